The molecule has 3 amide bonds. The maximum Gasteiger partial charge on any atom is 0.324 e. The molecule has 5 heteroatoms. The molecule has 5 nitrogen and oxygen atoms in total. The standard InChI is InChI=1S/C12H14N2O3/c1-2-14-11(16)10(13-12(14)17)7-8-3-5-9(15)6-4-8/h3-6,10,15H,2,7H2,1H3,(H,13,17). The SMILES string of the molecule is CCN1C(=O)NC(Cc2ccc(O)cc2)C1=O. The molecule has 1 unspecified atom stereocenters. The summed E-state index contributed by atoms with van der Waals surface area (Å²) >= 11 is 0. The van der Waals surface area contributed by atoms with Crippen molar-refractivity contribution in [3.63, 3.8) is 0 Å². The highest BCUT2D eigenvalue weighted by molar-refractivity contribution is 6.04. The summed E-state index contributed by atoms with van der Waals surface area (Å²) in [6, 6.07) is 5.78. The van der Waals surface area contributed by atoms with Crippen LogP contribution in [-0.4, -0.2) is 34.5 Å². The largest absolute Gasteiger partial charge is 0.508 e. The molecule has 0 aliphatic carbocycles. The molecule has 0 saturated carbocycles. The molecule has 90 valence electrons. The number of aromatic hydroxyl groups is 1. The van der Waals surface area contributed by atoms with Crippen molar-refractivity contribution in [1.29, 1.82) is 0 Å². The van der Waals surface area contributed by atoms with Gasteiger partial charge in [0.05, 0.1) is 0 Å². The minimum Gasteiger partial charge on any atom is -0.508 e. The van der Waals surface area contributed by atoms with E-state index in [0.29, 0.717) is 13.0 Å². The van der Waals surface area contributed by atoms with Gasteiger partial charge in [0, 0.05) is 13.0 Å². The first kappa shape index (κ1) is 11.4. The third-order valence-electron chi connectivity index (χ3n) is 2.80. The lowest BCUT2D eigenvalue weighted by molar-refractivity contribution is -0.127. The molecule has 2 N–H and O–H groups in total. The number of carbonyl (C=O) groups excluding carboxylic acids is 2. The second-order valence-electron chi connectivity index (χ2n) is 3.96. The van der Waals surface area contributed by atoms with Crippen LogP contribution in [0.2, 0.25) is 0 Å². The van der Waals surface area contributed by atoms with Gasteiger partial charge in [-0.2, -0.15) is 0 Å². The number of imide groups is 1. The zero-order valence-electron chi connectivity index (χ0n) is 9.51. The number of benzene rings is 1. The van der Waals surface area contributed by atoms with Crippen molar-refractivity contribution in [3.05, 3.63) is 29.8 Å². The number of amides is 3. The Morgan fingerprint density at radius 1 is 1.29 bits per heavy atom. The Labute approximate surface area is 99.0 Å². The third-order valence-corrected chi connectivity index (χ3v) is 2.80. The molecular formula is C12H14N2O3. The van der Waals surface area contributed by atoms with Gasteiger partial charge in [0.2, 0.25) is 0 Å². The fourth-order valence-electron chi connectivity index (χ4n) is 1.88. The van der Waals surface area contributed by atoms with Gasteiger partial charge in [0.1, 0.15) is 11.8 Å². The average Bonchev–Trinajstić information content (AvgIpc) is 2.57. The van der Waals surface area contributed by atoms with E-state index in [1.807, 2.05) is 0 Å². The van der Waals surface area contributed by atoms with Crippen molar-refractivity contribution in [1.82, 2.24) is 10.2 Å². The van der Waals surface area contributed by atoms with Gasteiger partial charge in [-0.1, -0.05) is 12.1 Å². The van der Waals surface area contributed by atoms with E-state index in [1.165, 1.54) is 4.90 Å². The quantitative estimate of drug-likeness (QED) is 0.762. The second kappa shape index (κ2) is 4.45. The molecule has 1 aliphatic rings. The predicted octanol–water partition coefficient (Wildman–Crippen LogP) is 0.875. The van der Waals surface area contributed by atoms with Gasteiger partial charge in [0.15, 0.2) is 0 Å². The van der Waals surface area contributed by atoms with E-state index in [1.54, 1.807) is 31.2 Å². The van der Waals surface area contributed by atoms with Gasteiger partial charge in [-0.15, -0.1) is 0 Å². The Morgan fingerprint density at radius 3 is 2.47 bits per heavy atom. The minimum atomic E-state index is -0.494. The molecular weight excluding hydrogens is 220 g/mol. The zero-order chi connectivity index (χ0) is 12.4. The topological polar surface area (TPSA) is 69.6 Å². The van der Waals surface area contributed by atoms with E-state index in [9.17, 15) is 9.59 Å². The number of rotatable bonds is 3. The number of nitrogens with zero attached hydrogens (tertiary/aromatic N) is 1. The normalized spacial score (nSPS) is 19.6. The summed E-state index contributed by atoms with van der Waals surface area (Å²) in [5.41, 5.74) is 0.902. The summed E-state index contributed by atoms with van der Waals surface area (Å²) < 4.78 is 0. The molecule has 1 fully saturated rings. The molecule has 17 heavy (non-hydrogen) atoms. The molecule has 0 bridgehead atoms. The van der Waals surface area contributed by atoms with Crippen LogP contribution < -0.4 is 5.32 Å². The lowest BCUT2D eigenvalue weighted by Crippen LogP contribution is -2.32. The van der Waals surface area contributed by atoms with E-state index in [4.69, 9.17) is 5.11 Å². The summed E-state index contributed by atoms with van der Waals surface area (Å²) in [6.45, 7) is 2.15. The number of phenolic OH excluding ortho intramolecular Hbond substituents is 1. The van der Waals surface area contributed by atoms with E-state index in [0.717, 1.165) is 5.56 Å². The van der Waals surface area contributed by atoms with E-state index < -0.39 is 6.04 Å². The highest BCUT2D eigenvalue weighted by Crippen LogP contribution is 2.14. The van der Waals surface area contributed by atoms with Gasteiger partial charge in [-0.3, -0.25) is 9.69 Å². The molecule has 1 aromatic rings. The van der Waals surface area contributed by atoms with E-state index in [-0.39, 0.29) is 17.7 Å². The highest BCUT2D eigenvalue weighted by atomic mass is 16.3. The summed E-state index contributed by atoms with van der Waals surface area (Å²) in [7, 11) is 0. The maximum atomic E-state index is 11.8. The van der Waals surface area contributed by atoms with Crippen LogP contribution in [0, 0.1) is 0 Å². The molecule has 1 heterocycles. The molecule has 0 spiro atoms. The van der Waals surface area contributed by atoms with Crippen LogP contribution in [0.3, 0.4) is 0 Å². The van der Waals surface area contributed by atoms with Crippen LogP contribution in [0.4, 0.5) is 4.79 Å². The molecule has 0 radical (unpaired) electrons. The fraction of sp³-hybridized carbons (Fsp3) is 0.333. The maximum absolute atomic E-state index is 11.8. The fourth-order valence-corrected chi connectivity index (χ4v) is 1.88. The van der Waals surface area contributed by atoms with Gasteiger partial charge >= 0.3 is 6.03 Å². The summed E-state index contributed by atoms with van der Waals surface area (Å²) in [5.74, 6) is -0.00343. The second-order valence-corrected chi connectivity index (χ2v) is 3.96. The lowest BCUT2D eigenvalue weighted by atomic mass is 10.1. The number of urea groups is 1. The molecule has 1 saturated heterocycles. The minimum absolute atomic E-state index is 0.186. The van der Waals surface area contributed by atoms with Crippen molar-refractivity contribution in [2.75, 3.05) is 6.54 Å². The van der Waals surface area contributed by atoms with Crippen molar-refractivity contribution < 1.29 is 14.7 Å². The number of hydrogen-bond donors (Lipinski definition) is 2. The average molecular weight is 234 g/mol. The van der Waals surface area contributed by atoms with Crippen LogP contribution in [-0.2, 0) is 11.2 Å². The predicted molar refractivity (Wildman–Crippen MR) is 61.5 cm³/mol. The van der Waals surface area contributed by atoms with Crippen molar-refractivity contribution in [2.24, 2.45) is 0 Å². The van der Waals surface area contributed by atoms with Crippen molar-refractivity contribution in [2.45, 2.75) is 19.4 Å². The molecule has 1 aliphatic heterocycles. The Hall–Kier alpha value is -2.04. The molecule has 1 atom stereocenters. The number of phenols is 1. The van der Waals surface area contributed by atoms with Crippen LogP contribution in [0.1, 0.15) is 12.5 Å². The lowest BCUT2D eigenvalue weighted by Gasteiger charge is -2.09. The first-order chi connectivity index (χ1) is 8.11. The summed E-state index contributed by atoms with van der Waals surface area (Å²) in [4.78, 5) is 24.4. The van der Waals surface area contributed by atoms with Crippen LogP contribution in [0.5, 0.6) is 5.75 Å². The van der Waals surface area contributed by atoms with Crippen LogP contribution in [0.15, 0.2) is 24.3 Å². The number of carbonyl (C=O) groups is 2. The first-order valence-electron chi connectivity index (χ1n) is 5.51. The summed E-state index contributed by atoms with van der Waals surface area (Å²) in [6.07, 6.45) is 0.446. The molecule has 2 rings (SSSR count). The van der Waals surface area contributed by atoms with Gasteiger partial charge in [-0.25, -0.2) is 4.79 Å². The van der Waals surface area contributed by atoms with Crippen molar-refractivity contribution in [3.8, 4) is 5.75 Å². The smallest absolute Gasteiger partial charge is 0.324 e. The Kier molecular flexibility index (Phi) is 2.99. The van der Waals surface area contributed by atoms with Crippen LogP contribution in [0.25, 0.3) is 0 Å². The number of likely N-dealkylation sites (N-methyl/N-ethyl adjacent to an activating group) is 1. The monoisotopic (exact) mass is 234 g/mol. The van der Waals surface area contributed by atoms with Crippen molar-refractivity contribution >= 4 is 11.9 Å². The Balaban J connectivity index is 2.08. The highest BCUT2D eigenvalue weighted by Gasteiger charge is 2.36. The van der Waals surface area contributed by atoms with E-state index in [2.05, 4.69) is 5.32 Å². The first-order valence-corrected chi connectivity index (χ1v) is 5.51. The number of hydrogen-bond acceptors (Lipinski definition) is 3. The van der Waals surface area contributed by atoms with Gasteiger partial charge in [-0.05, 0) is 24.6 Å². The number of nitrogens with one attached hydrogen (secondary N) is 1. The van der Waals surface area contributed by atoms with Crippen LogP contribution >= 0.6 is 0 Å². The van der Waals surface area contributed by atoms with Gasteiger partial charge < -0.3 is 10.4 Å². The Morgan fingerprint density at radius 2 is 1.94 bits per heavy atom. The van der Waals surface area contributed by atoms with E-state index >= 15 is 0 Å². The third kappa shape index (κ3) is 2.22. The summed E-state index contributed by atoms with van der Waals surface area (Å²) in [5, 5.41) is 11.8. The zero-order valence-corrected chi connectivity index (χ0v) is 9.51. The molecule has 1 aromatic carbocycles. The van der Waals surface area contributed by atoms with Gasteiger partial charge in [0.25, 0.3) is 5.91 Å². The Bertz CT molecular complexity index is 442. The molecule has 0 aromatic heterocycles.